The molecule has 1 radical (unpaired) electrons. The summed E-state index contributed by atoms with van der Waals surface area (Å²) >= 11 is 0. The Morgan fingerprint density at radius 3 is 2.93 bits per heavy atom. The Morgan fingerprint density at radius 1 is 1.43 bits per heavy atom. The SMILES string of the molecule is Cc1[c-]c2cc(C#N)cnc2cc1.[Y]. The van der Waals surface area contributed by atoms with Crippen LogP contribution in [0.4, 0.5) is 0 Å². The molecule has 0 saturated carbocycles. The summed E-state index contributed by atoms with van der Waals surface area (Å²) in [6.45, 7) is 1.97. The smallest absolute Gasteiger partial charge is 0.0905 e. The quantitative estimate of drug-likeness (QED) is 0.677. The van der Waals surface area contributed by atoms with E-state index in [4.69, 9.17) is 5.26 Å². The third-order valence-corrected chi connectivity index (χ3v) is 1.87. The molecule has 65 valence electrons. The third kappa shape index (κ3) is 2.18. The average Bonchev–Trinajstić information content (AvgIpc) is 2.16. The van der Waals surface area contributed by atoms with Gasteiger partial charge in [0.1, 0.15) is 0 Å². The second kappa shape index (κ2) is 4.64. The molecule has 1 aromatic heterocycles. The Kier molecular flexibility index (Phi) is 3.74. The number of nitrogens with zero attached hydrogens (tertiary/aromatic N) is 2. The Morgan fingerprint density at radius 2 is 2.21 bits per heavy atom. The Hall–Kier alpha value is -0.776. The second-order valence-electron chi connectivity index (χ2n) is 2.91. The van der Waals surface area contributed by atoms with E-state index >= 15 is 0 Å². The van der Waals surface area contributed by atoms with E-state index in [-0.39, 0.29) is 32.7 Å². The van der Waals surface area contributed by atoms with Crippen LogP contribution in [0.15, 0.2) is 24.4 Å². The molecule has 0 aliphatic carbocycles. The van der Waals surface area contributed by atoms with Gasteiger partial charge in [-0.1, -0.05) is 6.92 Å². The van der Waals surface area contributed by atoms with E-state index in [1.54, 1.807) is 12.3 Å². The normalized spacial score (nSPS) is 9.14. The Bertz CT molecular complexity index is 500. The van der Waals surface area contributed by atoms with Crippen LogP contribution >= 0.6 is 0 Å². The minimum atomic E-state index is 0. The summed E-state index contributed by atoms with van der Waals surface area (Å²) in [6.07, 6.45) is 1.57. The molecule has 0 N–H and O–H groups in total. The van der Waals surface area contributed by atoms with Gasteiger partial charge < -0.3 is 4.98 Å². The molecule has 2 aromatic rings. The van der Waals surface area contributed by atoms with Crippen molar-refractivity contribution in [3.05, 3.63) is 41.6 Å². The molecule has 0 amide bonds. The van der Waals surface area contributed by atoms with E-state index in [1.807, 2.05) is 19.1 Å². The number of aromatic nitrogens is 1. The first-order valence-electron chi connectivity index (χ1n) is 3.98. The number of hydrogen-bond donors (Lipinski definition) is 0. The first-order valence-corrected chi connectivity index (χ1v) is 3.98. The second-order valence-corrected chi connectivity index (χ2v) is 2.91. The van der Waals surface area contributed by atoms with E-state index in [0.29, 0.717) is 5.56 Å². The number of pyridine rings is 1. The van der Waals surface area contributed by atoms with Crippen LogP contribution in [0.5, 0.6) is 0 Å². The topological polar surface area (TPSA) is 36.7 Å². The van der Waals surface area contributed by atoms with Gasteiger partial charge >= 0.3 is 0 Å². The summed E-state index contributed by atoms with van der Waals surface area (Å²) in [5.41, 5.74) is 2.52. The molecular weight excluding hydrogens is 249 g/mol. The molecule has 0 unspecified atom stereocenters. The van der Waals surface area contributed by atoms with E-state index in [1.165, 1.54) is 0 Å². The van der Waals surface area contributed by atoms with Crippen LogP contribution in [0.2, 0.25) is 0 Å². The van der Waals surface area contributed by atoms with Gasteiger partial charge in [-0.2, -0.15) is 5.26 Å². The van der Waals surface area contributed by atoms with E-state index in [9.17, 15) is 0 Å². The first-order chi connectivity index (χ1) is 6.29. The van der Waals surface area contributed by atoms with Crippen LogP contribution in [0.3, 0.4) is 0 Å². The number of fused-ring (bicyclic) bond motifs is 1. The fraction of sp³-hybridized carbons (Fsp3) is 0.0909. The van der Waals surface area contributed by atoms with Crippen molar-refractivity contribution >= 4 is 10.9 Å². The van der Waals surface area contributed by atoms with Crippen molar-refractivity contribution in [1.29, 1.82) is 5.26 Å². The zero-order valence-electron chi connectivity index (χ0n) is 7.78. The van der Waals surface area contributed by atoms with Gasteiger partial charge in [-0.3, -0.25) is 0 Å². The van der Waals surface area contributed by atoms with Crippen LogP contribution in [0.25, 0.3) is 10.9 Å². The fourth-order valence-corrected chi connectivity index (χ4v) is 1.23. The van der Waals surface area contributed by atoms with Crippen molar-refractivity contribution in [3.63, 3.8) is 0 Å². The monoisotopic (exact) mass is 256 g/mol. The summed E-state index contributed by atoms with van der Waals surface area (Å²) in [6, 6.07) is 10.9. The number of aryl methyl sites for hydroxylation is 1. The summed E-state index contributed by atoms with van der Waals surface area (Å²) in [4.78, 5) is 4.14. The number of hydrogen-bond acceptors (Lipinski definition) is 2. The van der Waals surface area contributed by atoms with Crippen molar-refractivity contribution in [3.8, 4) is 6.07 Å². The van der Waals surface area contributed by atoms with Gasteiger partial charge in [-0.25, -0.2) is 0 Å². The molecule has 0 saturated heterocycles. The van der Waals surface area contributed by atoms with Crippen molar-refractivity contribution in [2.75, 3.05) is 0 Å². The molecule has 1 aromatic carbocycles. The van der Waals surface area contributed by atoms with Crippen LogP contribution in [-0.4, -0.2) is 4.98 Å². The summed E-state index contributed by atoms with van der Waals surface area (Å²) in [5, 5.41) is 9.56. The van der Waals surface area contributed by atoms with E-state index < -0.39 is 0 Å². The molecule has 0 aliphatic rings. The largest absolute Gasteiger partial charge is 0.305 e. The summed E-state index contributed by atoms with van der Waals surface area (Å²) < 4.78 is 0. The minimum absolute atomic E-state index is 0. The molecule has 1 heterocycles. The Labute approximate surface area is 108 Å². The van der Waals surface area contributed by atoms with Crippen molar-refractivity contribution < 1.29 is 32.7 Å². The maximum atomic E-state index is 8.66. The van der Waals surface area contributed by atoms with E-state index in [0.717, 1.165) is 16.5 Å². The van der Waals surface area contributed by atoms with Gasteiger partial charge in [-0.05, 0) is 5.52 Å². The average molecular weight is 256 g/mol. The predicted octanol–water partition coefficient (Wildman–Crippen LogP) is 2.21. The van der Waals surface area contributed by atoms with Crippen LogP contribution in [0.1, 0.15) is 11.1 Å². The summed E-state index contributed by atoms with van der Waals surface area (Å²) in [5.74, 6) is 0. The number of benzene rings is 1. The van der Waals surface area contributed by atoms with Gasteiger partial charge in [0.05, 0.1) is 6.07 Å². The van der Waals surface area contributed by atoms with Crippen LogP contribution in [0, 0.1) is 24.3 Å². The van der Waals surface area contributed by atoms with Crippen LogP contribution < -0.4 is 0 Å². The number of rotatable bonds is 0. The van der Waals surface area contributed by atoms with Gasteiger partial charge in [0, 0.05) is 44.5 Å². The molecule has 0 aliphatic heterocycles. The molecule has 0 bridgehead atoms. The van der Waals surface area contributed by atoms with Gasteiger partial charge in [-0.15, -0.1) is 35.2 Å². The summed E-state index contributed by atoms with van der Waals surface area (Å²) in [7, 11) is 0. The first kappa shape index (κ1) is 11.3. The molecule has 0 fully saturated rings. The van der Waals surface area contributed by atoms with Gasteiger partial charge in [0.2, 0.25) is 0 Å². The zero-order chi connectivity index (χ0) is 9.26. The van der Waals surface area contributed by atoms with Gasteiger partial charge in [0.15, 0.2) is 0 Å². The zero-order valence-corrected chi connectivity index (χ0v) is 10.6. The Balaban J connectivity index is 0.000000980. The third-order valence-electron chi connectivity index (χ3n) is 1.87. The molecule has 2 nitrogen and oxygen atoms in total. The van der Waals surface area contributed by atoms with Crippen LogP contribution in [-0.2, 0) is 32.7 Å². The van der Waals surface area contributed by atoms with Crippen molar-refractivity contribution in [2.24, 2.45) is 0 Å². The maximum Gasteiger partial charge on any atom is 0.0905 e. The van der Waals surface area contributed by atoms with E-state index in [2.05, 4.69) is 17.1 Å². The molecule has 0 spiro atoms. The van der Waals surface area contributed by atoms with Gasteiger partial charge in [0.25, 0.3) is 0 Å². The molecule has 14 heavy (non-hydrogen) atoms. The maximum absolute atomic E-state index is 8.66. The fourth-order valence-electron chi connectivity index (χ4n) is 1.23. The van der Waals surface area contributed by atoms with Crippen molar-refractivity contribution in [2.45, 2.75) is 6.92 Å². The predicted molar refractivity (Wildman–Crippen MR) is 50.0 cm³/mol. The standard InChI is InChI=1S/C11H7N2.Y/c1-8-2-3-11-10(4-8)5-9(6-12)7-13-11;/h2-3,5,7H,1H3;/q-1;. The number of nitriles is 1. The molecule has 0 atom stereocenters. The molecular formula is C11H7N2Y-. The molecule has 2 rings (SSSR count). The van der Waals surface area contributed by atoms with Crippen molar-refractivity contribution in [1.82, 2.24) is 4.98 Å². The molecule has 3 heteroatoms. The minimum Gasteiger partial charge on any atom is -0.305 e.